The van der Waals surface area contributed by atoms with Crippen LogP contribution >= 0.6 is 0 Å². The highest BCUT2D eigenvalue weighted by atomic mass is 16.5. The zero-order valence-corrected chi connectivity index (χ0v) is 11.1. The maximum atomic E-state index is 10.4. The van der Waals surface area contributed by atoms with Gasteiger partial charge in [-0.05, 0) is 35.6 Å². The minimum atomic E-state index is -0.300. The molecule has 2 aromatic carbocycles. The van der Waals surface area contributed by atoms with E-state index in [1.807, 2.05) is 0 Å². The average molecular weight is 256 g/mol. The topological polar surface area (TPSA) is 29.5 Å². The highest BCUT2D eigenvalue weighted by molar-refractivity contribution is 5.85. The van der Waals surface area contributed by atoms with Crippen LogP contribution in [-0.4, -0.2) is 24.4 Å². The molecule has 2 unspecified atom stereocenters. The van der Waals surface area contributed by atoms with Gasteiger partial charge in [0.25, 0.3) is 0 Å². The lowest BCUT2D eigenvalue weighted by Crippen LogP contribution is -2.30. The van der Waals surface area contributed by atoms with Gasteiger partial charge in [-0.25, -0.2) is 0 Å². The molecule has 100 valence electrons. The highest BCUT2D eigenvalue weighted by Crippen LogP contribution is 2.24. The normalized spacial score (nSPS) is 21.4. The Morgan fingerprint density at radius 1 is 1.16 bits per heavy atom. The molecule has 2 atom stereocenters. The molecular weight excluding hydrogens is 236 g/mol. The van der Waals surface area contributed by atoms with Gasteiger partial charge in [0.1, 0.15) is 0 Å². The maximum Gasteiger partial charge on any atom is 0.0630 e. The van der Waals surface area contributed by atoms with E-state index in [-0.39, 0.29) is 12.0 Å². The molecule has 0 saturated carbocycles. The van der Waals surface area contributed by atoms with Gasteiger partial charge in [-0.15, -0.1) is 0 Å². The van der Waals surface area contributed by atoms with E-state index in [1.54, 1.807) is 0 Å². The van der Waals surface area contributed by atoms with Gasteiger partial charge in [-0.2, -0.15) is 0 Å². The number of hydrogen-bond acceptors (Lipinski definition) is 2. The molecule has 2 aromatic rings. The first-order valence-corrected chi connectivity index (χ1v) is 7.07. The predicted octanol–water partition coefficient (Wildman–Crippen LogP) is 3.17. The summed E-state index contributed by atoms with van der Waals surface area (Å²) in [7, 11) is 0. The quantitative estimate of drug-likeness (QED) is 0.914. The Hall–Kier alpha value is -1.38. The maximum absolute atomic E-state index is 10.4. The van der Waals surface area contributed by atoms with Crippen molar-refractivity contribution < 1.29 is 9.84 Å². The summed E-state index contributed by atoms with van der Waals surface area (Å²) < 4.78 is 5.47. The first-order valence-electron chi connectivity index (χ1n) is 7.07. The van der Waals surface area contributed by atoms with E-state index in [1.165, 1.54) is 16.3 Å². The Morgan fingerprint density at radius 3 is 2.84 bits per heavy atom. The molecule has 1 aliphatic heterocycles. The SMILES string of the molecule is OC(Cc1cccc2ccccc12)C1CCCOC1. The number of rotatable bonds is 3. The van der Waals surface area contributed by atoms with Crippen LogP contribution in [0.15, 0.2) is 42.5 Å². The van der Waals surface area contributed by atoms with E-state index >= 15 is 0 Å². The summed E-state index contributed by atoms with van der Waals surface area (Å²) in [6.45, 7) is 1.55. The van der Waals surface area contributed by atoms with Crippen LogP contribution in [0.5, 0.6) is 0 Å². The van der Waals surface area contributed by atoms with Crippen LogP contribution in [0.2, 0.25) is 0 Å². The smallest absolute Gasteiger partial charge is 0.0630 e. The van der Waals surface area contributed by atoms with E-state index in [0.29, 0.717) is 6.61 Å². The summed E-state index contributed by atoms with van der Waals surface area (Å²) in [5.41, 5.74) is 1.23. The summed E-state index contributed by atoms with van der Waals surface area (Å²) in [6.07, 6.45) is 2.56. The Balaban J connectivity index is 1.80. The van der Waals surface area contributed by atoms with Crippen molar-refractivity contribution in [1.29, 1.82) is 0 Å². The van der Waals surface area contributed by atoms with Gasteiger partial charge in [0, 0.05) is 12.5 Å². The van der Waals surface area contributed by atoms with Gasteiger partial charge in [0.15, 0.2) is 0 Å². The highest BCUT2D eigenvalue weighted by Gasteiger charge is 2.22. The van der Waals surface area contributed by atoms with Crippen molar-refractivity contribution in [2.45, 2.75) is 25.4 Å². The van der Waals surface area contributed by atoms with Crippen molar-refractivity contribution in [2.24, 2.45) is 5.92 Å². The van der Waals surface area contributed by atoms with Crippen LogP contribution in [-0.2, 0) is 11.2 Å². The third kappa shape index (κ3) is 2.80. The molecule has 0 amide bonds. The second kappa shape index (κ2) is 5.72. The molecule has 19 heavy (non-hydrogen) atoms. The minimum Gasteiger partial charge on any atom is -0.392 e. The van der Waals surface area contributed by atoms with Gasteiger partial charge < -0.3 is 9.84 Å². The van der Waals surface area contributed by atoms with Crippen LogP contribution in [0.25, 0.3) is 10.8 Å². The second-order valence-electron chi connectivity index (χ2n) is 5.39. The number of hydrogen-bond donors (Lipinski definition) is 1. The zero-order chi connectivity index (χ0) is 13.1. The van der Waals surface area contributed by atoms with Crippen molar-refractivity contribution in [2.75, 3.05) is 13.2 Å². The lowest BCUT2D eigenvalue weighted by Gasteiger charge is -2.27. The number of aliphatic hydroxyl groups excluding tert-OH is 1. The lowest BCUT2D eigenvalue weighted by atomic mass is 9.90. The number of aliphatic hydroxyl groups is 1. The van der Waals surface area contributed by atoms with Gasteiger partial charge in [0.2, 0.25) is 0 Å². The van der Waals surface area contributed by atoms with Crippen molar-refractivity contribution in [3.63, 3.8) is 0 Å². The molecule has 3 rings (SSSR count). The number of fused-ring (bicyclic) bond motifs is 1. The largest absolute Gasteiger partial charge is 0.392 e. The fourth-order valence-corrected chi connectivity index (χ4v) is 2.93. The van der Waals surface area contributed by atoms with Crippen LogP contribution in [0.4, 0.5) is 0 Å². The van der Waals surface area contributed by atoms with Gasteiger partial charge in [-0.1, -0.05) is 42.5 Å². The van der Waals surface area contributed by atoms with E-state index < -0.39 is 0 Å². The summed E-state index contributed by atoms with van der Waals surface area (Å²) in [5, 5.41) is 12.9. The molecule has 0 spiro atoms. The Labute approximate surface area is 114 Å². The zero-order valence-electron chi connectivity index (χ0n) is 11.1. The van der Waals surface area contributed by atoms with E-state index in [9.17, 15) is 5.11 Å². The molecular formula is C17H20O2. The number of benzene rings is 2. The molecule has 2 nitrogen and oxygen atoms in total. The third-order valence-electron chi connectivity index (χ3n) is 4.05. The minimum absolute atomic E-state index is 0.285. The van der Waals surface area contributed by atoms with Crippen molar-refractivity contribution in [1.82, 2.24) is 0 Å². The molecule has 1 heterocycles. The average Bonchev–Trinajstić information content (AvgIpc) is 2.48. The monoisotopic (exact) mass is 256 g/mol. The first kappa shape index (κ1) is 12.6. The van der Waals surface area contributed by atoms with Crippen molar-refractivity contribution in [3.05, 3.63) is 48.0 Å². The van der Waals surface area contributed by atoms with E-state index in [2.05, 4.69) is 42.5 Å². The molecule has 1 aliphatic rings. The van der Waals surface area contributed by atoms with Crippen molar-refractivity contribution in [3.8, 4) is 0 Å². The molecule has 2 heteroatoms. The molecule has 1 fully saturated rings. The second-order valence-corrected chi connectivity index (χ2v) is 5.39. The van der Waals surface area contributed by atoms with Crippen molar-refractivity contribution >= 4 is 10.8 Å². The van der Waals surface area contributed by atoms with Gasteiger partial charge in [0.05, 0.1) is 12.7 Å². The van der Waals surface area contributed by atoms with E-state index in [4.69, 9.17) is 4.74 Å². The fraction of sp³-hybridized carbons (Fsp3) is 0.412. The molecule has 1 N–H and O–H groups in total. The van der Waals surface area contributed by atoms with Crippen LogP contribution in [0, 0.1) is 5.92 Å². The van der Waals surface area contributed by atoms with E-state index in [0.717, 1.165) is 25.9 Å². The summed E-state index contributed by atoms with van der Waals surface area (Å²) in [5.74, 6) is 0.285. The Kier molecular flexibility index (Phi) is 3.81. The predicted molar refractivity (Wildman–Crippen MR) is 77.2 cm³/mol. The molecule has 0 bridgehead atoms. The van der Waals surface area contributed by atoms with Crippen LogP contribution in [0.3, 0.4) is 0 Å². The van der Waals surface area contributed by atoms with Gasteiger partial charge >= 0.3 is 0 Å². The fourth-order valence-electron chi connectivity index (χ4n) is 2.93. The molecule has 1 saturated heterocycles. The lowest BCUT2D eigenvalue weighted by molar-refractivity contribution is -0.00836. The number of ether oxygens (including phenoxy) is 1. The first-order chi connectivity index (χ1) is 9.34. The molecule has 0 aliphatic carbocycles. The standard InChI is InChI=1S/C17H20O2/c18-17(15-8-4-10-19-12-15)11-14-7-3-6-13-5-1-2-9-16(13)14/h1-3,5-7,9,15,17-18H,4,8,10-12H2. The third-order valence-corrected chi connectivity index (χ3v) is 4.05. The van der Waals surface area contributed by atoms with Gasteiger partial charge in [-0.3, -0.25) is 0 Å². The Bertz CT molecular complexity index is 538. The Morgan fingerprint density at radius 2 is 2.00 bits per heavy atom. The molecule has 0 aromatic heterocycles. The van der Waals surface area contributed by atoms with Crippen LogP contribution in [0.1, 0.15) is 18.4 Å². The summed E-state index contributed by atoms with van der Waals surface area (Å²) in [6, 6.07) is 14.7. The molecule has 0 radical (unpaired) electrons. The summed E-state index contributed by atoms with van der Waals surface area (Å²) in [4.78, 5) is 0. The summed E-state index contributed by atoms with van der Waals surface area (Å²) >= 11 is 0. The van der Waals surface area contributed by atoms with Crippen LogP contribution < -0.4 is 0 Å².